The molecule has 2 aromatic rings. The van der Waals surface area contributed by atoms with Crippen LogP contribution < -0.4 is 10.6 Å². The maximum Gasteiger partial charge on any atom is 0.313 e. The van der Waals surface area contributed by atoms with E-state index in [1.807, 2.05) is 24.3 Å². The number of imide groups is 1. The summed E-state index contributed by atoms with van der Waals surface area (Å²) in [6, 6.07) is 14.6. The predicted molar refractivity (Wildman–Crippen MR) is 117 cm³/mol. The molecule has 1 heterocycles. The molecule has 1 aliphatic rings. The summed E-state index contributed by atoms with van der Waals surface area (Å²) in [5, 5.41) is 5.26. The average molecular weight is 421 g/mol. The van der Waals surface area contributed by atoms with Gasteiger partial charge in [0.05, 0.1) is 6.54 Å². The van der Waals surface area contributed by atoms with Crippen molar-refractivity contribution >= 4 is 29.3 Å². The number of para-hydroxylation sites is 1. The molecule has 7 heteroatoms. The van der Waals surface area contributed by atoms with Crippen molar-refractivity contribution < 1.29 is 19.2 Å². The van der Waals surface area contributed by atoms with Crippen LogP contribution in [-0.4, -0.2) is 28.5 Å². The van der Waals surface area contributed by atoms with Crippen LogP contribution >= 0.6 is 0 Å². The second-order valence-electron chi connectivity index (χ2n) is 8.57. The summed E-state index contributed by atoms with van der Waals surface area (Å²) in [6.45, 7) is 6.57. The molecule has 7 nitrogen and oxygen atoms in total. The van der Waals surface area contributed by atoms with E-state index < -0.39 is 11.8 Å². The number of nitrogens with one attached hydrogen (secondary N) is 2. The summed E-state index contributed by atoms with van der Waals surface area (Å²) >= 11 is 0. The molecule has 1 saturated heterocycles. The van der Waals surface area contributed by atoms with Crippen molar-refractivity contribution in [2.24, 2.45) is 0 Å². The lowest BCUT2D eigenvalue weighted by Crippen LogP contribution is -2.36. The fourth-order valence-corrected chi connectivity index (χ4v) is 3.59. The number of nitrogens with zero attached hydrogens (tertiary/aromatic N) is 1. The van der Waals surface area contributed by atoms with E-state index in [0.717, 1.165) is 11.1 Å². The van der Waals surface area contributed by atoms with Crippen molar-refractivity contribution in [3.63, 3.8) is 0 Å². The van der Waals surface area contributed by atoms with Gasteiger partial charge in [0.25, 0.3) is 0 Å². The molecule has 0 atom stereocenters. The van der Waals surface area contributed by atoms with Gasteiger partial charge in [0.1, 0.15) is 0 Å². The van der Waals surface area contributed by atoms with Crippen LogP contribution in [0.3, 0.4) is 0 Å². The Labute approximate surface area is 181 Å². The Balaban J connectivity index is 1.65. The molecule has 31 heavy (non-hydrogen) atoms. The molecule has 1 aliphatic heterocycles. The summed E-state index contributed by atoms with van der Waals surface area (Å²) in [4.78, 5) is 49.8. The number of anilines is 1. The van der Waals surface area contributed by atoms with Crippen molar-refractivity contribution in [3.05, 3.63) is 65.2 Å². The Bertz CT molecular complexity index is 1010. The third-order valence-electron chi connectivity index (χ3n) is 5.22. The van der Waals surface area contributed by atoms with E-state index in [4.69, 9.17) is 0 Å². The zero-order chi connectivity index (χ0) is 22.6. The number of hydrogen-bond donors (Lipinski definition) is 2. The molecule has 0 aliphatic carbocycles. The van der Waals surface area contributed by atoms with E-state index in [0.29, 0.717) is 11.3 Å². The number of hydrogen-bond acceptors (Lipinski definition) is 4. The lowest BCUT2D eigenvalue weighted by atomic mass is 9.84. The molecule has 0 bridgehead atoms. The molecule has 0 radical (unpaired) electrons. The van der Waals surface area contributed by atoms with Crippen molar-refractivity contribution in [3.8, 4) is 0 Å². The Morgan fingerprint density at radius 3 is 2.10 bits per heavy atom. The summed E-state index contributed by atoms with van der Waals surface area (Å²) in [6.07, 6.45) is 0.400. The molecule has 3 rings (SSSR count). The van der Waals surface area contributed by atoms with Crippen LogP contribution in [0.1, 0.15) is 50.3 Å². The molecule has 1 fully saturated rings. The zero-order valence-corrected chi connectivity index (χ0v) is 18.0. The first kappa shape index (κ1) is 22.2. The molecule has 162 valence electrons. The largest absolute Gasteiger partial charge is 0.344 e. The monoisotopic (exact) mass is 421 g/mol. The molecule has 4 amide bonds. The minimum atomic E-state index is -0.806. The van der Waals surface area contributed by atoms with Gasteiger partial charge in [0, 0.05) is 25.1 Å². The van der Waals surface area contributed by atoms with Gasteiger partial charge >= 0.3 is 11.8 Å². The highest BCUT2D eigenvalue weighted by atomic mass is 16.2. The number of carbonyl (C=O) groups is 4. The van der Waals surface area contributed by atoms with Gasteiger partial charge in [0.2, 0.25) is 11.8 Å². The first-order valence-corrected chi connectivity index (χ1v) is 10.3. The van der Waals surface area contributed by atoms with Crippen molar-refractivity contribution in [1.82, 2.24) is 10.2 Å². The fourth-order valence-electron chi connectivity index (χ4n) is 3.59. The molecule has 0 saturated carbocycles. The second kappa shape index (κ2) is 9.12. The van der Waals surface area contributed by atoms with Crippen LogP contribution in [-0.2, 0) is 37.7 Å². The Hall–Kier alpha value is -3.48. The fraction of sp³-hybridized carbons (Fsp3) is 0.333. The van der Waals surface area contributed by atoms with Gasteiger partial charge in [-0.15, -0.1) is 0 Å². The minimum Gasteiger partial charge on any atom is -0.344 e. The Kier molecular flexibility index (Phi) is 6.53. The third-order valence-corrected chi connectivity index (χ3v) is 5.22. The summed E-state index contributed by atoms with van der Waals surface area (Å²) in [5.74, 6) is -2.03. The van der Waals surface area contributed by atoms with Crippen LogP contribution in [0.25, 0.3) is 0 Å². The smallest absolute Gasteiger partial charge is 0.313 e. The first-order chi connectivity index (χ1) is 14.7. The van der Waals surface area contributed by atoms with Gasteiger partial charge < -0.3 is 10.6 Å². The van der Waals surface area contributed by atoms with E-state index in [9.17, 15) is 19.2 Å². The third kappa shape index (κ3) is 5.36. The maximum absolute atomic E-state index is 12.5. The maximum atomic E-state index is 12.5. The average Bonchev–Trinajstić information content (AvgIpc) is 3.05. The standard InChI is InChI=1S/C24H27N3O4/c1-24(2,3)18-10-6-4-8-16(18)14-25-22(30)23(31)26-19-11-7-5-9-17(19)15-27-20(28)12-13-21(27)29/h4-11H,12-15H2,1-3H3,(H,25,30)(H,26,31). The van der Waals surface area contributed by atoms with Crippen LogP contribution in [0.5, 0.6) is 0 Å². The van der Waals surface area contributed by atoms with Crippen LogP contribution in [0.15, 0.2) is 48.5 Å². The number of benzene rings is 2. The molecule has 2 N–H and O–H groups in total. The second-order valence-corrected chi connectivity index (χ2v) is 8.57. The number of amides is 4. The molecule has 0 unspecified atom stereocenters. The van der Waals surface area contributed by atoms with E-state index in [2.05, 4.69) is 31.4 Å². The van der Waals surface area contributed by atoms with Crippen molar-refractivity contribution in [1.29, 1.82) is 0 Å². The lowest BCUT2D eigenvalue weighted by Gasteiger charge is -2.23. The predicted octanol–water partition coefficient (Wildman–Crippen LogP) is 2.89. The highest BCUT2D eigenvalue weighted by molar-refractivity contribution is 6.39. The zero-order valence-electron chi connectivity index (χ0n) is 18.0. The highest BCUT2D eigenvalue weighted by Gasteiger charge is 2.29. The van der Waals surface area contributed by atoms with Gasteiger partial charge in [-0.25, -0.2) is 0 Å². The molecule has 0 spiro atoms. The summed E-state index contributed by atoms with van der Waals surface area (Å²) in [7, 11) is 0. The van der Waals surface area contributed by atoms with Gasteiger partial charge in [-0.2, -0.15) is 0 Å². The van der Waals surface area contributed by atoms with E-state index >= 15 is 0 Å². The summed E-state index contributed by atoms with van der Waals surface area (Å²) < 4.78 is 0. The topological polar surface area (TPSA) is 95.6 Å². The van der Waals surface area contributed by atoms with Crippen LogP contribution in [0.4, 0.5) is 5.69 Å². The van der Waals surface area contributed by atoms with Gasteiger partial charge in [-0.1, -0.05) is 63.2 Å². The lowest BCUT2D eigenvalue weighted by molar-refractivity contribution is -0.139. The van der Waals surface area contributed by atoms with Gasteiger partial charge in [0.15, 0.2) is 0 Å². The van der Waals surface area contributed by atoms with E-state index in [1.165, 1.54) is 4.90 Å². The van der Waals surface area contributed by atoms with Crippen molar-refractivity contribution in [2.45, 2.75) is 52.1 Å². The molecule has 2 aromatic carbocycles. The molecular formula is C24H27N3O4. The Morgan fingerprint density at radius 2 is 1.45 bits per heavy atom. The number of rotatable bonds is 5. The normalized spacial score (nSPS) is 14.0. The van der Waals surface area contributed by atoms with Crippen LogP contribution in [0.2, 0.25) is 0 Å². The number of carbonyl (C=O) groups excluding carboxylic acids is 4. The molecule has 0 aromatic heterocycles. The van der Waals surface area contributed by atoms with Gasteiger partial charge in [-0.3, -0.25) is 24.1 Å². The van der Waals surface area contributed by atoms with E-state index in [-0.39, 0.29) is 43.2 Å². The number of likely N-dealkylation sites (tertiary alicyclic amines) is 1. The highest BCUT2D eigenvalue weighted by Crippen LogP contribution is 2.25. The van der Waals surface area contributed by atoms with E-state index in [1.54, 1.807) is 24.3 Å². The Morgan fingerprint density at radius 1 is 0.871 bits per heavy atom. The minimum absolute atomic E-state index is 0.0642. The van der Waals surface area contributed by atoms with Crippen molar-refractivity contribution in [2.75, 3.05) is 5.32 Å². The SMILES string of the molecule is CC(C)(C)c1ccccc1CNC(=O)C(=O)Nc1ccccc1CN1C(=O)CCC1=O. The first-order valence-electron chi connectivity index (χ1n) is 10.3. The molecular weight excluding hydrogens is 394 g/mol. The quantitative estimate of drug-likeness (QED) is 0.573. The van der Waals surface area contributed by atoms with Gasteiger partial charge in [-0.05, 0) is 28.2 Å². The van der Waals surface area contributed by atoms with Crippen LogP contribution in [0, 0.1) is 0 Å². The summed E-state index contributed by atoms with van der Waals surface area (Å²) in [5.41, 5.74) is 2.94.